The molecule has 0 unspecified atom stereocenters. The molecule has 0 aliphatic carbocycles. The Balaban J connectivity index is 2.49. The Labute approximate surface area is 99.4 Å². The molecule has 0 saturated carbocycles. The number of rotatable bonds is 7. The standard InChI is InChI=1S/C9H15N3O4S/c1-11-17(14,15)9-3-2-7(16-9)6-12-5-4-8(10)13/h2-3,11-12H,4-6H2,1H3,(H2,10,13). The van der Waals surface area contributed by atoms with E-state index in [9.17, 15) is 13.2 Å². The van der Waals surface area contributed by atoms with Gasteiger partial charge in [-0.25, -0.2) is 13.1 Å². The number of hydrogen-bond acceptors (Lipinski definition) is 5. The zero-order valence-electron chi connectivity index (χ0n) is 9.39. The van der Waals surface area contributed by atoms with Crippen molar-refractivity contribution in [1.29, 1.82) is 0 Å². The van der Waals surface area contributed by atoms with E-state index >= 15 is 0 Å². The zero-order valence-corrected chi connectivity index (χ0v) is 10.2. The summed E-state index contributed by atoms with van der Waals surface area (Å²) in [4.78, 5) is 10.5. The van der Waals surface area contributed by atoms with Gasteiger partial charge in [0.25, 0.3) is 10.0 Å². The molecule has 96 valence electrons. The van der Waals surface area contributed by atoms with Crippen molar-refractivity contribution in [3.05, 3.63) is 17.9 Å². The molecule has 1 aromatic heterocycles. The predicted molar refractivity (Wildman–Crippen MR) is 60.5 cm³/mol. The van der Waals surface area contributed by atoms with E-state index in [0.29, 0.717) is 18.8 Å². The molecule has 7 nitrogen and oxygen atoms in total. The maximum atomic E-state index is 11.3. The second kappa shape index (κ2) is 5.80. The molecule has 1 heterocycles. The Hall–Kier alpha value is -1.38. The van der Waals surface area contributed by atoms with Gasteiger partial charge in [0.2, 0.25) is 11.0 Å². The van der Waals surface area contributed by atoms with Crippen LogP contribution in [0.1, 0.15) is 12.2 Å². The first-order valence-corrected chi connectivity index (χ1v) is 6.45. The molecule has 1 rings (SSSR count). The Kier molecular flexibility index (Phi) is 4.67. The highest BCUT2D eigenvalue weighted by atomic mass is 32.2. The van der Waals surface area contributed by atoms with Crippen LogP contribution in [0.4, 0.5) is 0 Å². The fourth-order valence-corrected chi connectivity index (χ4v) is 1.79. The van der Waals surface area contributed by atoms with Gasteiger partial charge in [-0.1, -0.05) is 0 Å². The second-order valence-electron chi connectivity index (χ2n) is 3.32. The van der Waals surface area contributed by atoms with Gasteiger partial charge in [0.05, 0.1) is 6.54 Å². The van der Waals surface area contributed by atoms with Gasteiger partial charge in [-0.3, -0.25) is 4.79 Å². The lowest BCUT2D eigenvalue weighted by Crippen LogP contribution is -2.21. The Morgan fingerprint density at radius 1 is 1.47 bits per heavy atom. The van der Waals surface area contributed by atoms with Gasteiger partial charge < -0.3 is 15.5 Å². The summed E-state index contributed by atoms with van der Waals surface area (Å²) in [5.41, 5.74) is 4.96. The van der Waals surface area contributed by atoms with Crippen LogP contribution in [0.2, 0.25) is 0 Å². The Morgan fingerprint density at radius 2 is 2.18 bits per heavy atom. The monoisotopic (exact) mass is 261 g/mol. The highest BCUT2D eigenvalue weighted by Crippen LogP contribution is 2.12. The lowest BCUT2D eigenvalue weighted by Gasteiger charge is -2.00. The quantitative estimate of drug-likeness (QED) is 0.553. The molecule has 0 bridgehead atoms. The van der Waals surface area contributed by atoms with Crippen LogP contribution in [0, 0.1) is 0 Å². The van der Waals surface area contributed by atoms with Gasteiger partial charge in [0.15, 0.2) is 0 Å². The van der Waals surface area contributed by atoms with Crippen molar-refractivity contribution >= 4 is 15.9 Å². The van der Waals surface area contributed by atoms with Crippen molar-refractivity contribution in [2.75, 3.05) is 13.6 Å². The minimum absolute atomic E-state index is 0.133. The molecule has 0 spiro atoms. The van der Waals surface area contributed by atoms with E-state index in [1.54, 1.807) is 6.07 Å². The van der Waals surface area contributed by atoms with E-state index < -0.39 is 15.9 Å². The average molecular weight is 261 g/mol. The lowest BCUT2D eigenvalue weighted by atomic mass is 10.4. The summed E-state index contributed by atoms with van der Waals surface area (Å²) in [5.74, 6) is 0.0821. The summed E-state index contributed by atoms with van der Waals surface area (Å²) >= 11 is 0. The largest absolute Gasteiger partial charge is 0.447 e. The summed E-state index contributed by atoms with van der Waals surface area (Å²) in [6, 6.07) is 2.93. The van der Waals surface area contributed by atoms with E-state index in [-0.39, 0.29) is 11.5 Å². The van der Waals surface area contributed by atoms with Gasteiger partial charge in [-0.05, 0) is 19.2 Å². The molecule has 0 aliphatic rings. The average Bonchev–Trinajstić information content (AvgIpc) is 2.73. The van der Waals surface area contributed by atoms with Crippen molar-refractivity contribution in [1.82, 2.24) is 10.0 Å². The van der Waals surface area contributed by atoms with Crippen LogP contribution in [-0.4, -0.2) is 27.9 Å². The Bertz CT molecular complexity index is 480. The summed E-state index contributed by atoms with van der Waals surface area (Å²) in [6.45, 7) is 0.761. The molecule has 0 saturated heterocycles. The molecule has 0 atom stereocenters. The normalized spacial score (nSPS) is 11.6. The number of sulfonamides is 1. The fourth-order valence-electron chi connectivity index (χ4n) is 1.12. The molecule has 1 aromatic rings. The Morgan fingerprint density at radius 3 is 2.76 bits per heavy atom. The van der Waals surface area contributed by atoms with Crippen molar-refractivity contribution < 1.29 is 17.6 Å². The molecule has 0 aromatic carbocycles. The van der Waals surface area contributed by atoms with Crippen LogP contribution in [0.25, 0.3) is 0 Å². The molecule has 8 heteroatoms. The third-order valence-corrected chi connectivity index (χ3v) is 3.30. The number of primary amides is 1. The van der Waals surface area contributed by atoms with Crippen molar-refractivity contribution in [2.24, 2.45) is 5.73 Å². The highest BCUT2D eigenvalue weighted by molar-refractivity contribution is 7.89. The van der Waals surface area contributed by atoms with Crippen LogP contribution in [0.3, 0.4) is 0 Å². The molecular weight excluding hydrogens is 246 g/mol. The summed E-state index contributed by atoms with van der Waals surface area (Å²) < 4.78 is 30.0. The molecule has 0 fully saturated rings. The first-order chi connectivity index (χ1) is 7.95. The number of carbonyl (C=O) groups excluding carboxylic acids is 1. The minimum atomic E-state index is -3.54. The molecule has 0 radical (unpaired) electrons. The number of furan rings is 1. The molecular formula is C9H15N3O4S. The van der Waals surface area contributed by atoms with Crippen molar-refractivity contribution in [2.45, 2.75) is 18.1 Å². The van der Waals surface area contributed by atoms with Crippen LogP contribution in [-0.2, 0) is 21.4 Å². The number of carbonyl (C=O) groups is 1. The third-order valence-electron chi connectivity index (χ3n) is 2.02. The van der Waals surface area contributed by atoms with E-state index in [0.717, 1.165) is 0 Å². The first-order valence-electron chi connectivity index (χ1n) is 4.97. The van der Waals surface area contributed by atoms with E-state index in [1.165, 1.54) is 13.1 Å². The van der Waals surface area contributed by atoms with Crippen molar-refractivity contribution in [3.63, 3.8) is 0 Å². The van der Waals surface area contributed by atoms with Gasteiger partial charge in [0.1, 0.15) is 5.76 Å². The smallest absolute Gasteiger partial charge is 0.273 e. The van der Waals surface area contributed by atoms with Crippen LogP contribution >= 0.6 is 0 Å². The lowest BCUT2D eigenvalue weighted by molar-refractivity contribution is -0.117. The summed E-state index contributed by atoms with van der Waals surface area (Å²) in [6.07, 6.45) is 0.225. The molecule has 1 amide bonds. The first kappa shape index (κ1) is 13.7. The van der Waals surface area contributed by atoms with Gasteiger partial charge >= 0.3 is 0 Å². The van der Waals surface area contributed by atoms with Gasteiger partial charge in [-0.15, -0.1) is 0 Å². The minimum Gasteiger partial charge on any atom is -0.447 e. The second-order valence-corrected chi connectivity index (χ2v) is 5.14. The van der Waals surface area contributed by atoms with E-state index in [4.69, 9.17) is 10.2 Å². The number of nitrogens with two attached hydrogens (primary N) is 1. The fraction of sp³-hybridized carbons (Fsp3) is 0.444. The van der Waals surface area contributed by atoms with E-state index in [1.807, 2.05) is 0 Å². The SMILES string of the molecule is CNS(=O)(=O)c1ccc(CNCCC(N)=O)o1. The zero-order chi connectivity index (χ0) is 12.9. The third kappa shape index (κ3) is 4.17. The van der Waals surface area contributed by atoms with Crippen LogP contribution in [0.5, 0.6) is 0 Å². The predicted octanol–water partition coefficient (Wildman–Crippen LogP) is -0.847. The van der Waals surface area contributed by atoms with Crippen molar-refractivity contribution in [3.8, 4) is 0 Å². The highest BCUT2D eigenvalue weighted by Gasteiger charge is 2.15. The van der Waals surface area contributed by atoms with Crippen LogP contribution in [0.15, 0.2) is 21.6 Å². The maximum Gasteiger partial charge on any atom is 0.273 e. The number of amides is 1. The summed E-state index contributed by atoms with van der Waals surface area (Å²) in [7, 11) is -2.23. The van der Waals surface area contributed by atoms with Gasteiger partial charge in [-0.2, -0.15) is 0 Å². The molecule has 4 N–H and O–H groups in total. The molecule has 0 aliphatic heterocycles. The van der Waals surface area contributed by atoms with E-state index in [2.05, 4.69) is 10.0 Å². The summed E-state index contributed by atoms with van der Waals surface area (Å²) in [5, 5.41) is 2.77. The molecule has 17 heavy (non-hydrogen) atoms. The maximum absolute atomic E-state index is 11.3. The number of nitrogens with one attached hydrogen (secondary N) is 2. The van der Waals surface area contributed by atoms with Crippen LogP contribution < -0.4 is 15.8 Å². The number of hydrogen-bond donors (Lipinski definition) is 3. The topological polar surface area (TPSA) is 114 Å². The van der Waals surface area contributed by atoms with Gasteiger partial charge in [0, 0.05) is 13.0 Å².